The molecule has 0 radical (unpaired) electrons. The predicted molar refractivity (Wildman–Crippen MR) is 55.9 cm³/mol. The Kier molecular flexibility index (Phi) is 4.56. The Morgan fingerprint density at radius 1 is 1.53 bits per heavy atom. The lowest BCUT2D eigenvalue weighted by molar-refractivity contribution is 0.0922. The molecule has 0 bridgehead atoms. The van der Waals surface area contributed by atoms with Gasteiger partial charge in [-0.1, -0.05) is 0 Å². The molecule has 1 rings (SSSR count). The first kappa shape index (κ1) is 11.5. The van der Waals surface area contributed by atoms with Crippen molar-refractivity contribution in [1.82, 2.24) is 10.3 Å². The van der Waals surface area contributed by atoms with E-state index in [1.165, 1.54) is 18.3 Å². The first-order valence-corrected chi connectivity index (χ1v) is 4.78. The number of nitrogens with one attached hydrogen (secondary N) is 2. The summed E-state index contributed by atoms with van der Waals surface area (Å²) >= 11 is 0. The van der Waals surface area contributed by atoms with E-state index in [4.69, 9.17) is 4.74 Å². The van der Waals surface area contributed by atoms with Gasteiger partial charge in [0.25, 0.3) is 5.91 Å². The maximum atomic E-state index is 11.4. The maximum Gasteiger partial charge on any atom is 0.252 e. The molecule has 1 aromatic rings. The fourth-order valence-corrected chi connectivity index (χ4v) is 1.03. The molecule has 0 aliphatic rings. The van der Waals surface area contributed by atoms with Gasteiger partial charge in [0, 0.05) is 25.4 Å². The average Bonchev–Trinajstić information content (AvgIpc) is 2.25. The summed E-state index contributed by atoms with van der Waals surface area (Å²) in [4.78, 5) is 24.6. The molecule has 0 fully saturated rings. The van der Waals surface area contributed by atoms with Gasteiger partial charge >= 0.3 is 0 Å². The van der Waals surface area contributed by atoms with Crippen molar-refractivity contribution in [3.8, 4) is 0 Å². The second kappa shape index (κ2) is 5.98. The minimum absolute atomic E-state index is 0.217. The molecule has 0 aliphatic carbocycles. The Bertz CT molecular complexity index is 353. The molecule has 0 saturated carbocycles. The summed E-state index contributed by atoms with van der Waals surface area (Å²) in [5.41, 5.74) is 0.215. The van der Waals surface area contributed by atoms with E-state index in [0.29, 0.717) is 25.3 Å². The summed E-state index contributed by atoms with van der Waals surface area (Å²) in [5, 5.41) is 2.67. The molecule has 5 heteroatoms. The Balaban J connectivity index is 2.40. The van der Waals surface area contributed by atoms with Crippen molar-refractivity contribution in [1.29, 1.82) is 0 Å². The highest BCUT2D eigenvalue weighted by atomic mass is 16.5. The van der Waals surface area contributed by atoms with Crippen LogP contribution in [0.4, 0.5) is 0 Å². The summed E-state index contributed by atoms with van der Waals surface area (Å²) < 4.78 is 5.07. The normalized spacial score (nSPS) is 9.93. The Morgan fingerprint density at radius 2 is 2.33 bits per heavy atom. The second-order valence-corrected chi connectivity index (χ2v) is 2.89. The van der Waals surface area contributed by atoms with Gasteiger partial charge in [0.1, 0.15) is 0 Å². The summed E-state index contributed by atoms with van der Waals surface area (Å²) in [6, 6.07) is 2.80. The minimum atomic E-state index is -0.221. The average molecular weight is 210 g/mol. The van der Waals surface area contributed by atoms with Crippen LogP contribution in [0.25, 0.3) is 0 Å². The van der Waals surface area contributed by atoms with Gasteiger partial charge in [0.05, 0.1) is 12.2 Å². The number of carbonyl (C=O) groups is 1. The third-order valence-corrected chi connectivity index (χ3v) is 1.78. The number of hydrogen-bond donors (Lipinski definition) is 2. The standard InChI is InChI=1S/C10H14N2O3/c1-2-15-6-5-11-10(14)8-3-4-9(13)12-7-8/h3-4,7H,2,5-6H2,1H3,(H,11,14)(H,12,13). The number of amides is 1. The van der Waals surface area contributed by atoms with Crippen LogP contribution in [-0.2, 0) is 4.74 Å². The van der Waals surface area contributed by atoms with Gasteiger partial charge < -0.3 is 15.0 Å². The summed E-state index contributed by atoms with van der Waals surface area (Å²) in [6.45, 7) is 3.48. The lowest BCUT2D eigenvalue weighted by atomic mass is 10.3. The summed E-state index contributed by atoms with van der Waals surface area (Å²) in [7, 11) is 0. The molecule has 1 aromatic heterocycles. The molecule has 2 N–H and O–H groups in total. The minimum Gasteiger partial charge on any atom is -0.380 e. The summed E-state index contributed by atoms with van der Waals surface area (Å²) in [5.74, 6) is -0.217. The lowest BCUT2D eigenvalue weighted by Gasteiger charge is -2.04. The molecule has 0 saturated heterocycles. The number of aromatic amines is 1. The second-order valence-electron chi connectivity index (χ2n) is 2.89. The van der Waals surface area contributed by atoms with Crippen LogP contribution >= 0.6 is 0 Å². The van der Waals surface area contributed by atoms with Crippen molar-refractivity contribution in [3.63, 3.8) is 0 Å². The van der Waals surface area contributed by atoms with E-state index in [1.807, 2.05) is 6.92 Å². The first-order valence-electron chi connectivity index (χ1n) is 4.78. The van der Waals surface area contributed by atoms with Crippen molar-refractivity contribution in [3.05, 3.63) is 34.2 Å². The molecule has 1 heterocycles. The third kappa shape index (κ3) is 3.95. The van der Waals surface area contributed by atoms with Gasteiger partial charge in [-0.15, -0.1) is 0 Å². The molecule has 0 aromatic carbocycles. The Labute approximate surface area is 87.5 Å². The highest BCUT2D eigenvalue weighted by Gasteiger charge is 2.03. The van der Waals surface area contributed by atoms with Crippen LogP contribution in [0.15, 0.2) is 23.1 Å². The van der Waals surface area contributed by atoms with Crippen LogP contribution in [0, 0.1) is 0 Å². The van der Waals surface area contributed by atoms with Crippen LogP contribution in [0.1, 0.15) is 17.3 Å². The number of rotatable bonds is 5. The highest BCUT2D eigenvalue weighted by Crippen LogP contribution is 1.91. The van der Waals surface area contributed by atoms with Gasteiger partial charge in [-0.2, -0.15) is 0 Å². The van der Waals surface area contributed by atoms with E-state index >= 15 is 0 Å². The number of H-pyrrole nitrogens is 1. The van der Waals surface area contributed by atoms with Crippen molar-refractivity contribution in [2.75, 3.05) is 19.8 Å². The zero-order valence-corrected chi connectivity index (χ0v) is 8.58. The molecule has 0 unspecified atom stereocenters. The van der Waals surface area contributed by atoms with Gasteiger partial charge in [-0.3, -0.25) is 9.59 Å². The smallest absolute Gasteiger partial charge is 0.252 e. The van der Waals surface area contributed by atoms with E-state index < -0.39 is 0 Å². The number of carbonyl (C=O) groups excluding carboxylic acids is 1. The van der Waals surface area contributed by atoms with Crippen LogP contribution in [0.5, 0.6) is 0 Å². The summed E-state index contributed by atoms with van der Waals surface area (Å²) in [6.07, 6.45) is 1.39. The molecule has 1 amide bonds. The highest BCUT2D eigenvalue weighted by molar-refractivity contribution is 5.93. The third-order valence-electron chi connectivity index (χ3n) is 1.78. The zero-order valence-electron chi connectivity index (χ0n) is 8.58. The topological polar surface area (TPSA) is 71.2 Å². The zero-order chi connectivity index (χ0) is 11.1. The van der Waals surface area contributed by atoms with Crippen molar-refractivity contribution in [2.24, 2.45) is 0 Å². The Morgan fingerprint density at radius 3 is 2.93 bits per heavy atom. The molecule has 0 aliphatic heterocycles. The molecule has 5 nitrogen and oxygen atoms in total. The van der Waals surface area contributed by atoms with Crippen LogP contribution in [-0.4, -0.2) is 30.6 Å². The molecular weight excluding hydrogens is 196 g/mol. The monoisotopic (exact) mass is 210 g/mol. The van der Waals surface area contributed by atoms with Crippen molar-refractivity contribution in [2.45, 2.75) is 6.92 Å². The van der Waals surface area contributed by atoms with Gasteiger partial charge in [-0.25, -0.2) is 0 Å². The maximum absolute atomic E-state index is 11.4. The molecule has 0 atom stereocenters. The predicted octanol–water partition coefficient (Wildman–Crippen LogP) is 0.141. The van der Waals surface area contributed by atoms with Crippen LogP contribution < -0.4 is 10.9 Å². The fourth-order valence-electron chi connectivity index (χ4n) is 1.03. The van der Waals surface area contributed by atoms with E-state index in [-0.39, 0.29) is 11.5 Å². The fraction of sp³-hybridized carbons (Fsp3) is 0.400. The SMILES string of the molecule is CCOCCNC(=O)c1ccc(=O)[nH]c1. The lowest BCUT2D eigenvalue weighted by Crippen LogP contribution is -2.27. The van der Waals surface area contributed by atoms with Crippen molar-refractivity contribution >= 4 is 5.91 Å². The largest absolute Gasteiger partial charge is 0.380 e. The Hall–Kier alpha value is -1.62. The quantitative estimate of drug-likeness (QED) is 0.679. The van der Waals surface area contributed by atoms with Gasteiger partial charge in [0.2, 0.25) is 5.56 Å². The molecule has 0 spiro atoms. The van der Waals surface area contributed by atoms with Crippen LogP contribution in [0.3, 0.4) is 0 Å². The number of ether oxygens (including phenoxy) is 1. The van der Waals surface area contributed by atoms with Crippen molar-refractivity contribution < 1.29 is 9.53 Å². The molecule has 15 heavy (non-hydrogen) atoms. The molecular formula is C10H14N2O3. The number of hydrogen-bond acceptors (Lipinski definition) is 3. The van der Waals surface area contributed by atoms with E-state index in [1.54, 1.807) is 0 Å². The van der Waals surface area contributed by atoms with E-state index in [0.717, 1.165) is 0 Å². The van der Waals surface area contributed by atoms with E-state index in [9.17, 15) is 9.59 Å². The van der Waals surface area contributed by atoms with E-state index in [2.05, 4.69) is 10.3 Å². The first-order chi connectivity index (χ1) is 7.24. The van der Waals surface area contributed by atoms with Gasteiger partial charge in [-0.05, 0) is 13.0 Å². The van der Waals surface area contributed by atoms with Gasteiger partial charge in [0.15, 0.2) is 0 Å². The number of pyridine rings is 1. The number of aromatic nitrogens is 1. The molecule has 82 valence electrons. The van der Waals surface area contributed by atoms with Crippen LogP contribution in [0.2, 0.25) is 0 Å².